The molecule has 680 valence electrons. The summed E-state index contributed by atoms with van der Waals surface area (Å²) < 4.78 is 35.1. The number of amides is 2. The zero-order valence-electron chi connectivity index (χ0n) is 72.9. The number of carbonyl (C=O) groups excluding carboxylic acids is 2. The van der Waals surface area contributed by atoms with Gasteiger partial charge < -0.3 is 100 Å². The molecule has 0 bridgehead atoms. The maximum atomic E-state index is 13.6. The number of aliphatic hydroxyl groups excluding tert-OH is 11. The molecule has 14 N–H and O–H groups in total. The van der Waals surface area contributed by atoms with Crippen LogP contribution in [0.1, 0.15) is 432 Å². The molecule has 0 saturated carbocycles. The molecule has 23 heteroatoms. The van der Waals surface area contributed by atoms with Gasteiger partial charge in [-0.15, -0.1) is 0 Å². The van der Waals surface area contributed by atoms with Crippen molar-refractivity contribution >= 4 is 17.8 Å². The molecule has 0 aromatic rings. The van der Waals surface area contributed by atoms with E-state index in [4.69, 9.17) is 28.4 Å². The fraction of sp³-hybridized carbons (Fsp3) is 0.967. The normalized spacial score (nSPS) is 24.9. The van der Waals surface area contributed by atoms with Gasteiger partial charge in [0.05, 0.1) is 50.7 Å². The van der Waals surface area contributed by atoms with Crippen molar-refractivity contribution in [3.05, 3.63) is 0 Å². The summed E-state index contributed by atoms with van der Waals surface area (Å²) >= 11 is 0. The molecule has 115 heavy (non-hydrogen) atoms. The summed E-state index contributed by atoms with van der Waals surface area (Å²) in [5.41, 5.74) is 0. The van der Waals surface area contributed by atoms with Gasteiger partial charge in [-0.1, -0.05) is 399 Å². The number of hydrogen-bond donors (Lipinski definition) is 14. The fourth-order valence-corrected chi connectivity index (χ4v) is 17.1. The molecule has 23 nitrogen and oxygen atoms in total. The Morgan fingerprint density at radius 3 is 1.09 bits per heavy atom. The highest BCUT2D eigenvalue weighted by Crippen LogP contribution is 2.39. The zero-order chi connectivity index (χ0) is 83.8. The van der Waals surface area contributed by atoms with Gasteiger partial charge in [-0.2, -0.15) is 0 Å². The maximum Gasteiger partial charge on any atom is 0.364 e. The van der Waals surface area contributed by atoms with Crippen LogP contribution in [0.2, 0.25) is 0 Å². The number of unbranched alkanes of at least 4 members (excludes halogenated alkanes) is 59. The van der Waals surface area contributed by atoms with Crippen LogP contribution in [0, 0.1) is 0 Å². The number of carbonyl (C=O) groups is 3. The molecular formula is C92H176N2O21. The summed E-state index contributed by atoms with van der Waals surface area (Å²) in [6.07, 6.45) is 51.3. The second kappa shape index (κ2) is 70.2. The van der Waals surface area contributed by atoms with Crippen molar-refractivity contribution in [1.29, 1.82) is 0 Å². The maximum absolute atomic E-state index is 13.6. The molecular weight excluding hydrogens is 1470 g/mol. The average Bonchev–Trinajstić information content (AvgIpc) is 0.747. The number of ether oxygens (including phenoxy) is 6. The molecule has 18 unspecified atom stereocenters. The van der Waals surface area contributed by atoms with E-state index in [9.17, 15) is 75.7 Å². The molecule has 3 rings (SSSR count). The first kappa shape index (κ1) is 107. The molecule has 3 saturated heterocycles. The van der Waals surface area contributed by atoms with Crippen LogP contribution in [0.3, 0.4) is 0 Å². The van der Waals surface area contributed by atoms with E-state index >= 15 is 0 Å². The summed E-state index contributed by atoms with van der Waals surface area (Å²) in [6, 6.07) is -2.53. The molecule has 2 amide bonds. The Labute approximate surface area is 697 Å². The minimum atomic E-state index is -3.08. The van der Waals surface area contributed by atoms with Crippen molar-refractivity contribution in [2.75, 3.05) is 26.4 Å². The SMILES string of the molecule is CCCCCCCCCCCCCCCCCCCCCCCCCCCCCCCCCCCCCCCC(=O)NC(COC1OC(CO)C(OC2OC(CO)C(O)C(OC3(C(=O)O)CC(O)C(NC(C)=O)C(C(O)C(O)CO)O3)C2O)C(O)C1O)C(O)CCCCCCCCCCCCCCCCCCCCCCCCCC. The Bertz CT molecular complexity index is 2260. The third-order valence-electron chi connectivity index (χ3n) is 24.6. The molecule has 18 atom stereocenters. The van der Waals surface area contributed by atoms with E-state index < -0.39 is 148 Å². The zero-order valence-corrected chi connectivity index (χ0v) is 72.9. The lowest BCUT2D eigenvalue weighted by molar-refractivity contribution is -0.386. The van der Waals surface area contributed by atoms with Gasteiger partial charge in [-0.25, -0.2) is 4.79 Å². The summed E-state index contributed by atoms with van der Waals surface area (Å²) in [5, 5.41) is 137. The highest BCUT2D eigenvalue weighted by Gasteiger charge is 2.60. The highest BCUT2D eigenvalue weighted by atomic mass is 16.8. The molecule has 0 aliphatic carbocycles. The first-order valence-corrected chi connectivity index (χ1v) is 47.9. The van der Waals surface area contributed by atoms with Crippen LogP contribution in [-0.4, -0.2) is 215 Å². The topological polar surface area (TPSA) is 373 Å². The third kappa shape index (κ3) is 48.4. The number of rotatable bonds is 79. The minimum Gasteiger partial charge on any atom is -0.477 e. The van der Waals surface area contributed by atoms with E-state index in [0.29, 0.717) is 19.3 Å². The number of aliphatic hydroxyl groups is 11. The van der Waals surface area contributed by atoms with Crippen molar-refractivity contribution in [1.82, 2.24) is 10.6 Å². The van der Waals surface area contributed by atoms with Crippen molar-refractivity contribution in [3.8, 4) is 0 Å². The summed E-state index contributed by atoms with van der Waals surface area (Å²) in [6.45, 7) is 2.30. The van der Waals surface area contributed by atoms with Gasteiger partial charge in [0, 0.05) is 19.8 Å². The van der Waals surface area contributed by atoms with Crippen LogP contribution in [0.5, 0.6) is 0 Å². The van der Waals surface area contributed by atoms with E-state index in [0.717, 1.165) is 51.9 Å². The molecule has 0 radical (unpaired) electrons. The smallest absolute Gasteiger partial charge is 0.364 e. The monoisotopic (exact) mass is 1650 g/mol. The predicted molar refractivity (Wildman–Crippen MR) is 454 cm³/mol. The second-order valence-corrected chi connectivity index (χ2v) is 34.9. The summed E-state index contributed by atoms with van der Waals surface area (Å²) in [5.74, 6) is -6.08. The lowest BCUT2D eigenvalue weighted by Crippen LogP contribution is -2.70. The van der Waals surface area contributed by atoms with Crippen molar-refractivity contribution in [3.63, 3.8) is 0 Å². The number of hydrogen-bond acceptors (Lipinski definition) is 20. The van der Waals surface area contributed by atoms with Crippen LogP contribution in [0.15, 0.2) is 0 Å². The van der Waals surface area contributed by atoms with E-state index in [1.807, 2.05) is 0 Å². The first-order chi connectivity index (χ1) is 55.9. The van der Waals surface area contributed by atoms with Gasteiger partial charge in [-0.05, 0) is 12.8 Å². The van der Waals surface area contributed by atoms with E-state index in [2.05, 4.69) is 24.5 Å². The van der Waals surface area contributed by atoms with E-state index in [1.165, 1.54) is 334 Å². The Morgan fingerprint density at radius 1 is 0.417 bits per heavy atom. The highest BCUT2D eigenvalue weighted by molar-refractivity contribution is 5.77. The third-order valence-corrected chi connectivity index (χ3v) is 24.6. The van der Waals surface area contributed by atoms with Gasteiger partial charge in [0.1, 0.15) is 67.1 Å². The fourth-order valence-electron chi connectivity index (χ4n) is 17.1. The van der Waals surface area contributed by atoms with Gasteiger partial charge >= 0.3 is 5.97 Å². The Hall–Kier alpha value is -2.27. The van der Waals surface area contributed by atoms with Crippen molar-refractivity contribution in [2.45, 2.75) is 542 Å². The lowest BCUT2D eigenvalue weighted by atomic mass is 9.88. The summed E-state index contributed by atoms with van der Waals surface area (Å²) in [4.78, 5) is 38.8. The molecule has 0 aromatic carbocycles. The van der Waals surface area contributed by atoms with Gasteiger partial charge in [0.25, 0.3) is 5.79 Å². The Kier molecular flexibility index (Phi) is 65.2. The van der Waals surface area contributed by atoms with Gasteiger partial charge in [-0.3, -0.25) is 9.59 Å². The van der Waals surface area contributed by atoms with Crippen LogP contribution < -0.4 is 10.6 Å². The molecule has 3 aliphatic rings. The number of aliphatic carboxylic acids is 1. The molecule has 0 aromatic heterocycles. The predicted octanol–water partition coefficient (Wildman–Crippen LogP) is 16.3. The van der Waals surface area contributed by atoms with Crippen LogP contribution in [0.25, 0.3) is 0 Å². The van der Waals surface area contributed by atoms with Crippen LogP contribution >= 0.6 is 0 Å². The molecule has 3 fully saturated rings. The van der Waals surface area contributed by atoms with E-state index in [-0.39, 0.29) is 18.9 Å². The number of carboxylic acids is 1. The second-order valence-electron chi connectivity index (χ2n) is 34.9. The van der Waals surface area contributed by atoms with Crippen molar-refractivity contribution < 1.29 is 104 Å². The molecule has 3 heterocycles. The van der Waals surface area contributed by atoms with Crippen molar-refractivity contribution in [2.24, 2.45) is 0 Å². The average molecular weight is 1650 g/mol. The quantitative estimate of drug-likeness (QED) is 0.0252. The number of carboxylic acid groups (broad SMARTS) is 1. The largest absolute Gasteiger partial charge is 0.477 e. The Morgan fingerprint density at radius 2 is 0.757 bits per heavy atom. The number of nitrogens with one attached hydrogen (secondary N) is 2. The van der Waals surface area contributed by atoms with Crippen LogP contribution in [-0.2, 0) is 42.8 Å². The molecule has 0 spiro atoms. The standard InChI is InChI=1S/C92H176N2O21/c1-4-6-8-10-12-14-16-18-20-22-24-26-28-30-31-32-33-34-35-36-37-38-39-40-41-42-44-46-48-50-52-54-56-58-60-62-64-66-79(102)94-73(74(99)65-63-61-59-57-55-53-51-49-47-45-43-29-27-25-23-21-19-17-15-13-11-9-7-5-2)71-110-89-84(106)83(105)86(78(70-97)112-89)113-90-85(107)88(82(104)77(69-96)111-90)115-92(91(108)109)67-75(100)80(93-72(3)98)87(114-92)81(103)76(101)68-95/h73-78,80-90,95-97,99-101,103-107H,4-71H2,1-3H3,(H,93,98)(H,94,102)(H,108,109). The minimum absolute atomic E-state index is 0.230. The van der Waals surface area contributed by atoms with Gasteiger partial charge in [0.2, 0.25) is 11.8 Å². The molecule has 3 aliphatic heterocycles. The Balaban J connectivity index is 1.40. The first-order valence-electron chi connectivity index (χ1n) is 47.9. The summed E-state index contributed by atoms with van der Waals surface area (Å²) in [7, 11) is 0. The van der Waals surface area contributed by atoms with E-state index in [1.54, 1.807) is 0 Å². The van der Waals surface area contributed by atoms with Crippen LogP contribution in [0.4, 0.5) is 0 Å². The van der Waals surface area contributed by atoms with Gasteiger partial charge in [0.15, 0.2) is 12.6 Å². The lowest BCUT2D eigenvalue weighted by Gasteiger charge is -2.50.